The Bertz CT molecular complexity index is 994. The zero-order valence-corrected chi connectivity index (χ0v) is 17.5. The third kappa shape index (κ3) is 5.19. The monoisotopic (exact) mass is 437 g/mol. The number of carbonyl (C=O) groups excluding carboxylic acids is 1. The van der Waals surface area contributed by atoms with Crippen LogP contribution in [0.1, 0.15) is 17.0 Å². The van der Waals surface area contributed by atoms with E-state index >= 15 is 0 Å². The predicted octanol–water partition coefficient (Wildman–Crippen LogP) is 5.30. The van der Waals surface area contributed by atoms with E-state index in [1.165, 1.54) is 0 Å². The summed E-state index contributed by atoms with van der Waals surface area (Å²) in [5.74, 6) is 0.926. The maximum absolute atomic E-state index is 12.1. The van der Waals surface area contributed by atoms with Crippen molar-refractivity contribution in [1.82, 2.24) is 10.2 Å². The molecule has 3 rings (SSSR count). The van der Waals surface area contributed by atoms with Crippen LogP contribution >= 0.6 is 35.0 Å². The first kappa shape index (κ1) is 20.5. The number of aromatic nitrogens is 2. The van der Waals surface area contributed by atoms with Crippen molar-refractivity contribution >= 4 is 46.6 Å². The van der Waals surface area contributed by atoms with Crippen molar-refractivity contribution in [2.24, 2.45) is 0 Å². The van der Waals surface area contributed by atoms with Gasteiger partial charge in [-0.15, -0.1) is 10.2 Å². The smallest absolute Gasteiger partial charge is 0.277 e. The van der Waals surface area contributed by atoms with E-state index < -0.39 is 0 Å². The standard InChI is InChI=1S/C19H17Cl2N3O3S/c1-11-5-3-8-15(12(11)2)26-9-17-23-24-19(27-17)28-10-16(25)22-14-7-4-6-13(20)18(14)21/h3-8H,9-10H2,1-2H3,(H,22,25). The first-order valence-electron chi connectivity index (χ1n) is 8.32. The molecule has 1 heterocycles. The number of benzene rings is 2. The summed E-state index contributed by atoms with van der Waals surface area (Å²) in [5, 5.41) is 11.5. The SMILES string of the molecule is Cc1cccc(OCc2nnc(SCC(=O)Nc3cccc(Cl)c3Cl)o2)c1C. The first-order chi connectivity index (χ1) is 13.4. The van der Waals surface area contributed by atoms with Crippen LogP contribution in [0, 0.1) is 13.8 Å². The summed E-state index contributed by atoms with van der Waals surface area (Å²) >= 11 is 13.1. The van der Waals surface area contributed by atoms with Gasteiger partial charge in [-0.2, -0.15) is 0 Å². The maximum atomic E-state index is 12.1. The molecule has 0 saturated carbocycles. The highest BCUT2D eigenvalue weighted by Crippen LogP contribution is 2.30. The van der Waals surface area contributed by atoms with Crippen molar-refractivity contribution in [3.63, 3.8) is 0 Å². The summed E-state index contributed by atoms with van der Waals surface area (Å²) in [5.41, 5.74) is 2.66. The number of hydrogen-bond acceptors (Lipinski definition) is 6. The highest BCUT2D eigenvalue weighted by Gasteiger charge is 2.13. The molecule has 1 aromatic heterocycles. The minimum Gasteiger partial charge on any atom is -0.484 e. The lowest BCUT2D eigenvalue weighted by molar-refractivity contribution is -0.113. The number of halogens is 2. The van der Waals surface area contributed by atoms with Crippen LogP contribution in [0.4, 0.5) is 5.69 Å². The van der Waals surface area contributed by atoms with Crippen molar-refractivity contribution in [1.29, 1.82) is 0 Å². The Morgan fingerprint density at radius 3 is 2.79 bits per heavy atom. The van der Waals surface area contributed by atoms with E-state index in [9.17, 15) is 4.79 Å². The van der Waals surface area contributed by atoms with Gasteiger partial charge < -0.3 is 14.5 Å². The van der Waals surface area contributed by atoms with Crippen LogP contribution < -0.4 is 10.1 Å². The second kappa shape index (κ2) is 9.32. The third-order valence-corrected chi connectivity index (χ3v) is 5.54. The van der Waals surface area contributed by atoms with Crippen LogP contribution in [0.25, 0.3) is 0 Å². The van der Waals surface area contributed by atoms with Gasteiger partial charge in [0, 0.05) is 0 Å². The number of rotatable bonds is 7. The van der Waals surface area contributed by atoms with Crippen LogP contribution in [0.15, 0.2) is 46.0 Å². The Kier molecular flexibility index (Phi) is 6.83. The predicted molar refractivity (Wildman–Crippen MR) is 110 cm³/mol. The van der Waals surface area contributed by atoms with Gasteiger partial charge in [0.15, 0.2) is 6.61 Å². The van der Waals surface area contributed by atoms with Crippen molar-refractivity contribution in [3.05, 3.63) is 63.5 Å². The van der Waals surface area contributed by atoms with Gasteiger partial charge >= 0.3 is 0 Å². The number of hydrogen-bond donors (Lipinski definition) is 1. The summed E-state index contributed by atoms with van der Waals surface area (Å²) in [4.78, 5) is 12.1. The van der Waals surface area contributed by atoms with Gasteiger partial charge in [0.1, 0.15) is 5.75 Å². The molecule has 2 aromatic carbocycles. The normalized spacial score (nSPS) is 10.7. The molecular formula is C19H17Cl2N3O3S. The van der Waals surface area contributed by atoms with Crippen LogP contribution in [0.3, 0.4) is 0 Å². The van der Waals surface area contributed by atoms with Crippen molar-refractivity contribution in [2.45, 2.75) is 25.7 Å². The lowest BCUT2D eigenvalue weighted by atomic mass is 10.1. The van der Waals surface area contributed by atoms with Crippen LogP contribution in [-0.2, 0) is 11.4 Å². The number of carbonyl (C=O) groups is 1. The van der Waals surface area contributed by atoms with Crippen molar-refractivity contribution < 1.29 is 13.9 Å². The lowest BCUT2D eigenvalue weighted by Gasteiger charge is -2.08. The molecule has 0 aliphatic rings. The molecule has 0 spiro atoms. The maximum Gasteiger partial charge on any atom is 0.277 e. The van der Waals surface area contributed by atoms with Gasteiger partial charge in [0.25, 0.3) is 11.1 Å². The Hall–Kier alpha value is -2.22. The number of aryl methyl sites for hydroxylation is 1. The fourth-order valence-electron chi connectivity index (χ4n) is 2.29. The van der Waals surface area contributed by atoms with Gasteiger partial charge in [-0.25, -0.2) is 0 Å². The van der Waals surface area contributed by atoms with Crippen molar-refractivity contribution in [3.8, 4) is 5.75 Å². The number of amides is 1. The Balaban J connectivity index is 1.51. The zero-order valence-electron chi connectivity index (χ0n) is 15.2. The summed E-state index contributed by atoms with van der Waals surface area (Å²) in [6.45, 7) is 4.16. The topological polar surface area (TPSA) is 77.2 Å². The number of nitrogens with zero attached hydrogens (tertiary/aromatic N) is 2. The van der Waals surface area contributed by atoms with E-state index in [0.29, 0.717) is 21.6 Å². The molecule has 0 unspecified atom stereocenters. The van der Waals surface area contributed by atoms with Gasteiger partial charge in [0.2, 0.25) is 5.91 Å². The molecule has 28 heavy (non-hydrogen) atoms. The van der Waals surface area contributed by atoms with Crippen LogP contribution in [-0.4, -0.2) is 21.9 Å². The second-order valence-corrected chi connectivity index (χ2v) is 7.60. The van der Waals surface area contributed by atoms with E-state index in [1.54, 1.807) is 18.2 Å². The van der Waals surface area contributed by atoms with Gasteiger partial charge in [-0.1, -0.05) is 53.2 Å². The molecule has 0 saturated heterocycles. The molecule has 1 amide bonds. The minimum atomic E-state index is -0.263. The Morgan fingerprint density at radius 2 is 1.96 bits per heavy atom. The number of ether oxygens (including phenoxy) is 1. The van der Waals surface area contributed by atoms with Crippen LogP contribution in [0.2, 0.25) is 10.0 Å². The zero-order chi connectivity index (χ0) is 20.1. The Morgan fingerprint density at radius 1 is 1.18 bits per heavy atom. The van der Waals surface area contributed by atoms with Gasteiger partial charge in [-0.3, -0.25) is 4.79 Å². The number of thioether (sulfide) groups is 1. The number of anilines is 1. The molecule has 146 valence electrons. The Labute approximate surface area is 176 Å². The average Bonchev–Trinajstić information content (AvgIpc) is 3.13. The molecule has 1 N–H and O–H groups in total. The lowest BCUT2D eigenvalue weighted by Crippen LogP contribution is -2.14. The molecule has 0 bridgehead atoms. The molecule has 9 heteroatoms. The molecular weight excluding hydrogens is 421 g/mol. The highest BCUT2D eigenvalue weighted by atomic mass is 35.5. The van der Waals surface area contributed by atoms with E-state index in [-0.39, 0.29) is 23.5 Å². The third-order valence-electron chi connectivity index (χ3n) is 3.91. The quantitative estimate of drug-likeness (QED) is 0.505. The molecule has 0 atom stereocenters. The van der Waals surface area contributed by atoms with E-state index in [1.807, 2.05) is 32.0 Å². The van der Waals surface area contributed by atoms with E-state index in [4.69, 9.17) is 32.4 Å². The van der Waals surface area contributed by atoms with E-state index in [2.05, 4.69) is 15.5 Å². The summed E-state index contributed by atoms with van der Waals surface area (Å²) in [7, 11) is 0. The van der Waals surface area contributed by atoms with Crippen LogP contribution in [0.5, 0.6) is 5.75 Å². The summed E-state index contributed by atoms with van der Waals surface area (Å²) < 4.78 is 11.2. The average molecular weight is 438 g/mol. The molecule has 6 nitrogen and oxygen atoms in total. The molecule has 0 radical (unpaired) electrons. The van der Waals surface area contributed by atoms with Crippen molar-refractivity contribution in [2.75, 3.05) is 11.1 Å². The second-order valence-electron chi connectivity index (χ2n) is 5.89. The molecule has 3 aromatic rings. The first-order valence-corrected chi connectivity index (χ1v) is 10.1. The molecule has 0 aliphatic heterocycles. The fourth-order valence-corrected chi connectivity index (χ4v) is 3.22. The molecule has 0 fully saturated rings. The largest absolute Gasteiger partial charge is 0.484 e. The fraction of sp³-hybridized carbons (Fsp3) is 0.211. The number of nitrogens with one attached hydrogen (secondary N) is 1. The highest BCUT2D eigenvalue weighted by molar-refractivity contribution is 7.99. The summed E-state index contributed by atoms with van der Waals surface area (Å²) in [6, 6.07) is 10.9. The van der Waals surface area contributed by atoms with Gasteiger partial charge in [-0.05, 0) is 43.2 Å². The summed E-state index contributed by atoms with van der Waals surface area (Å²) in [6.07, 6.45) is 0. The van der Waals surface area contributed by atoms with Gasteiger partial charge in [0.05, 0.1) is 21.5 Å². The minimum absolute atomic E-state index is 0.0856. The van der Waals surface area contributed by atoms with E-state index in [0.717, 1.165) is 28.6 Å². The molecule has 0 aliphatic carbocycles.